The van der Waals surface area contributed by atoms with E-state index < -0.39 is 0 Å². The van der Waals surface area contributed by atoms with Gasteiger partial charge in [0.05, 0.1) is 0 Å². The number of anilines is 1. The second kappa shape index (κ2) is 5.84. The molecule has 1 fully saturated rings. The Morgan fingerprint density at radius 2 is 2.28 bits per heavy atom. The Morgan fingerprint density at radius 3 is 2.89 bits per heavy atom. The maximum atomic E-state index is 5.61. The normalized spacial score (nSPS) is 23.0. The van der Waals surface area contributed by atoms with Crippen molar-refractivity contribution in [2.75, 3.05) is 11.6 Å². The molecule has 3 N–H and O–H groups in total. The fraction of sp³-hybridized carbons (Fsp3) is 0.583. The summed E-state index contributed by atoms with van der Waals surface area (Å²) in [6.07, 6.45) is 5.76. The standard InChI is InChI=1S/C12H18N4S2/c1-7-5-10(11(13)17)16-12(14-7)15-8-3-4-9(6-8)18-2/h5,8-9H,3-4,6H2,1-2H3,(H2,13,17)(H,14,15,16). The quantitative estimate of drug-likeness (QED) is 0.825. The predicted octanol–water partition coefficient (Wildman–Crippen LogP) is 2.12. The lowest BCUT2D eigenvalue weighted by Crippen LogP contribution is -2.20. The minimum atomic E-state index is 0.317. The van der Waals surface area contributed by atoms with Crippen LogP contribution >= 0.6 is 24.0 Å². The van der Waals surface area contributed by atoms with Gasteiger partial charge in [0.25, 0.3) is 0 Å². The average molecular weight is 282 g/mol. The molecule has 0 saturated heterocycles. The molecule has 4 nitrogen and oxygen atoms in total. The Labute approximate surface area is 117 Å². The number of nitrogens with zero attached hydrogens (tertiary/aromatic N) is 2. The van der Waals surface area contributed by atoms with Gasteiger partial charge in [-0.25, -0.2) is 9.97 Å². The van der Waals surface area contributed by atoms with E-state index in [-0.39, 0.29) is 0 Å². The van der Waals surface area contributed by atoms with E-state index in [1.165, 1.54) is 19.3 Å². The van der Waals surface area contributed by atoms with Crippen LogP contribution in [0.4, 0.5) is 5.95 Å². The van der Waals surface area contributed by atoms with Gasteiger partial charge in [0, 0.05) is 17.0 Å². The van der Waals surface area contributed by atoms with Crippen molar-refractivity contribution in [3.05, 3.63) is 17.5 Å². The Morgan fingerprint density at radius 1 is 1.50 bits per heavy atom. The molecule has 0 aliphatic heterocycles. The summed E-state index contributed by atoms with van der Waals surface area (Å²) in [7, 11) is 0. The Hall–Kier alpha value is -0.880. The van der Waals surface area contributed by atoms with Crippen molar-refractivity contribution in [3.63, 3.8) is 0 Å². The SMILES string of the molecule is CSC1CCC(Nc2nc(C)cc(C(N)=S)n2)C1. The zero-order chi connectivity index (χ0) is 13.1. The van der Waals surface area contributed by atoms with Crippen LogP contribution in [0.25, 0.3) is 0 Å². The molecule has 1 saturated carbocycles. The first-order valence-corrected chi connectivity index (χ1v) is 7.73. The van der Waals surface area contributed by atoms with Gasteiger partial charge in [0.1, 0.15) is 10.7 Å². The third kappa shape index (κ3) is 3.32. The zero-order valence-electron chi connectivity index (χ0n) is 10.6. The highest BCUT2D eigenvalue weighted by atomic mass is 32.2. The first-order valence-electron chi connectivity index (χ1n) is 6.03. The van der Waals surface area contributed by atoms with Crippen molar-refractivity contribution >= 4 is 34.9 Å². The van der Waals surface area contributed by atoms with Gasteiger partial charge in [0.2, 0.25) is 5.95 Å². The molecule has 2 atom stereocenters. The van der Waals surface area contributed by atoms with Crippen LogP contribution in [0.5, 0.6) is 0 Å². The van der Waals surface area contributed by atoms with E-state index in [1.807, 2.05) is 24.8 Å². The number of thioether (sulfide) groups is 1. The molecule has 1 heterocycles. The van der Waals surface area contributed by atoms with Crippen LogP contribution in [0.15, 0.2) is 6.07 Å². The second-order valence-corrected chi connectivity index (χ2v) is 6.17. The van der Waals surface area contributed by atoms with Gasteiger partial charge in [-0.15, -0.1) is 0 Å². The largest absolute Gasteiger partial charge is 0.388 e. The van der Waals surface area contributed by atoms with Crippen molar-refractivity contribution in [3.8, 4) is 0 Å². The third-order valence-corrected chi connectivity index (χ3v) is 4.46. The van der Waals surface area contributed by atoms with Crippen LogP contribution in [0.2, 0.25) is 0 Å². The number of aromatic nitrogens is 2. The number of hydrogen-bond acceptors (Lipinski definition) is 5. The fourth-order valence-corrected chi connectivity index (χ4v) is 3.13. The van der Waals surface area contributed by atoms with Crippen LogP contribution in [-0.2, 0) is 0 Å². The van der Waals surface area contributed by atoms with Gasteiger partial charge in [-0.1, -0.05) is 12.2 Å². The minimum Gasteiger partial charge on any atom is -0.388 e. The molecule has 6 heteroatoms. The van der Waals surface area contributed by atoms with Crippen LogP contribution < -0.4 is 11.1 Å². The fourth-order valence-electron chi connectivity index (χ4n) is 2.23. The van der Waals surface area contributed by atoms with E-state index in [4.69, 9.17) is 18.0 Å². The van der Waals surface area contributed by atoms with E-state index >= 15 is 0 Å². The van der Waals surface area contributed by atoms with Crippen LogP contribution in [0, 0.1) is 6.92 Å². The molecular formula is C12H18N4S2. The number of rotatable bonds is 4. The molecule has 98 valence electrons. The van der Waals surface area contributed by atoms with Gasteiger partial charge in [-0.05, 0) is 38.5 Å². The molecule has 18 heavy (non-hydrogen) atoms. The Bertz CT molecular complexity index is 450. The Balaban J connectivity index is 2.07. The highest BCUT2D eigenvalue weighted by molar-refractivity contribution is 7.99. The second-order valence-electron chi connectivity index (χ2n) is 4.59. The summed E-state index contributed by atoms with van der Waals surface area (Å²) in [5.41, 5.74) is 7.14. The average Bonchev–Trinajstić information content (AvgIpc) is 2.76. The van der Waals surface area contributed by atoms with E-state index in [0.29, 0.717) is 22.7 Å². The number of nitrogens with two attached hydrogens (primary N) is 1. The minimum absolute atomic E-state index is 0.317. The molecule has 1 aromatic heterocycles. The zero-order valence-corrected chi connectivity index (χ0v) is 12.3. The summed E-state index contributed by atoms with van der Waals surface area (Å²) in [6, 6.07) is 2.27. The lowest BCUT2D eigenvalue weighted by Gasteiger charge is -2.13. The highest BCUT2D eigenvalue weighted by Crippen LogP contribution is 2.29. The maximum absolute atomic E-state index is 5.61. The monoisotopic (exact) mass is 282 g/mol. The molecule has 1 aliphatic rings. The van der Waals surface area contributed by atoms with Crippen molar-refractivity contribution in [2.24, 2.45) is 5.73 Å². The molecule has 2 rings (SSSR count). The first kappa shape index (κ1) is 13.5. The summed E-state index contributed by atoms with van der Waals surface area (Å²) in [4.78, 5) is 9.06. The number of hydrogen-bond donors (Lipinski definition) is 2. The van der Waals surface area contributed by atoms with Crippen molar-refractivity contribution < 1.29 is 0 Å². The van der Waals surface area contributed by atoms with Crippen LogP contribution in [-0.4, -0.2) is 32.5 Å². The van der Waals surface area contributed by atoms with Gasteiger partial charge in [-0.3, -0.25) is 0 Å². The van der Waals surface area contributed by atoms with Crippen molar-refractivity contribution in [1.29, 1.82) is 0 Å². The molecule has 2 unspecified atom stereocenters. The summed E-state index contributed by atoms with van der Waals surface area (Å²) in [5.74, 6) is 0.643. The topological polar surface area (TPSA) is 63.8 Å². The summed E-state index contributed by atoms with van der Waals surface area (Å²) in [5, 5.41) is 4.14. The molecular weight excluding hydrogens is 264 g/mol. The number of aryl methyl sites for hydroxylation is 1. The molecule has 0 radical (unpaired) electrons. The van der Waals surface area contributed by atoms with Gasteiger partial charge >= 0.3 is 0 Å². The van der Waals surface area contributed by atoms with Crippen LogP contribution in [0.1, 0.15) is 30.7 Å². The number of nitrogens with one attached hydrogen (secondary N) is 1. The van der Waals surface area contributed by atoms with Crippen LogP contribution in [0.3, 0.4) is 0 Å². The summed E-state index contributed by atoms with van der Waals surface area (Å²) in [6.45, 7) is 1.92. The molecule has 1 aromatic rings. The maximum Gasteiger partial charge on any atom is 0.223 e. The summed E-state index contributed by atoms with van der Waals surface area (Å²) < 4.78 is 0. The van der Waals surface area contributed by atoms with E-state index in [0.717, 1.165) is 10.9 Å². The third-order valence-electron chi connectivity index (χ3n) is 3.16. The van der Waals surface area contributed by atoms with Crippen molar-refractivity contribution in [2.45, 2.75) is 37.5 Å². The van der Waals surface area contributed by atoms with E-state index in [9.17, 15) is 0 Å². The number of thiocarbonyl (C=S) groups is 1. The summed E-state index contributed by atoms with van der Waals surface area (Å²) >= 11 is 6.89. The Kier molecular flexibility index (Phi) is 4.40. The smallest absolute Gasteiger partial charge is 0.223 e. The van der Waals surface area contributed by atoms with Gasteiger partial charge < -0.3 is 11.1 Å². The predicted molar refractivity (Wildman–Crippen MR) is 81.2 cm³/mol. The lowest BCUT2D eigenvalue weighted by atomic mass is 10.2. The molecule has 1 aliphatic carbocycles. The molecule has 0 aromatic carbocycles. The lowest BCUT2D eigenvalue weighted by molar-refractivity contribution is 0.744. The van der Waals surface area contributed by atoms with E-state index in [1.54, 1.807) is 0 Å². The van der Waals surface area contributed by atoms with Gasteiger partial charge in [0.15, 0.2) is 0 Å². The highest BCUT2D eigenvalue weighted by Gasteiger charge is 2.24. The first-order chi connectivity index (χ1) is 8.58. The molecule has 0 bridgehead atoms. The van der Waals surface area contributed by atoms with Gasteiger partial charge in [-0.2, -0.15) is 11.8 Å². The molecule has 0 amide bonds. The van der Waals surface area contributed by atoms with Crippen molar-refractivity contribution in [1.82, 2.24) is 9.97 Å². The molecule has 0 spiro atoms. The van der Waals surface area contributed by atoms with E-state index in [2.05, 4.69) is 21.5 Å².